The third-order valence-corrected chi connectivity index (χ3v) is 13.4. The molecule has 0 unspecified atom stereocenters. The predicted molar refractivity (Wildman–Crippen MR) is 352 cm³/mol. The highest BCUT2D eigenvalue weighted by molar-refractivity contribution is 5.90. The van der Waals surface area contributed by atoms with E-state index in [0.29, 0.717) is 25.7 Å². The molecule has 0 saturated heterocycles. The maximum absolute atomic E-state index is 13.7. The van der Waals surface area contributed by atoms with Crippen LogP contribution in [0.25, 0.3) is 0 Å². The summed E-state index contributed by atoms with van der Waals surface area (Å²) in [5.41, 5.74) is -4.04. The number of carbonyl (C=O) groups excluding carboxylic acids is 10. The second kappa shape index (κ2) is 46.9. The molecule has 0 aromatic rings. The molecule has 0 bridgehead atoms. The van der Waals surface area contributed by atoms with E-state index in [-0.39, 0.29) is 89.7 Å². The van der Waals surface area contributed by atoms with Crippen LogP contribution in [0.1, 0.15) is 277 Å². The number of carbonyl (C=O) groups is 11. The Morgan fingerprint density at radius 1 is 0.323 bits per heavy atom. The van der Waals surface area contributed by atoms with Crippen molar-refractivity contribution in [3.05, 3.63) is 0 Å². The van der Waals surface area contributed by atoms with Crippen LogP contribution < -0.4 is 31.9 Å². The molecule has 25 nitrogen and oxygen atoms in total. The fraction of sp³-hybridized carbons (Fsp3) is 0.838. The van der Waals surface area contributed by atoms with Gasteiger partial charge in [-0.3, -0.25) is 28.8 Å². The summed E-state index contributed by atoms with van der Waals surface area (Å²) in [6.07, 6.45) is 16.7. The van der Waals surface area contributed by atoms with Gasteiger partial charge in [-0.25, -0.2) is 24.0 Å². The minimum Gasteiger partial charge on any atom is -0.480 e. The van der Waals surface area contributed by atoms with Crippen LogP contribution in [0.2, 0.25) is 0 Å². The van der Waals surface area contributed by atoms with E-state index in [9.17, 15) is 52.7 Å². The first-order chi connectivity index (χ1) is 43.2. The quantitative estimate of drug-likeness (QED) is 0.0169. The number of unbranched alkanes of at least 4 members (excludes halogenated alkanes) is 16. The zero-order chi connectivity index (χ0) is 70.7. The molecule has 0 spiro atoms. The van der Waals surface area contributed by atoms with E-state index in [1.54, 1.807) is 83.1 Å². The third kappa shape index (κ3) is 53.9. The highest BCUT2D eigenvalue weighted by atomic mass is 16.6. The van der Waals surface area contributed by atoms with Gasteiger partial charge in [0.2, 0.25) is 29.5 Å². The first-order valence-electron chi connectivity index (χ1n) is 33.9. The van der Waals surface area contributed by atoms with Gasteiger partial charge in [-0.2, -0.15) is 0 Å². The number of nitrogens with one attached hydrogen (secondary N) is 6. The van der Waals surface area contributed by atoms with Crippen LogP contribution in [0, 0.1) is 0 Å². The third-order valence-electron chi connectivity index (χ3n) is 13.4. The molecule has 93 heavy (non-hydrogen) atoms. The number of rotatable bonds is 49. The van der Waals surface area contributed by atoms with Gasteiger partial charge in [0.25, 0.3) is 0 Å². The van der Waals surface area contributed by atoms with Crippen LogP contribution >= 0.6 is 0 Å². The lowest BCUT2D eigenvalue weighted by atomic mass is 10.0. The Labute approximate surface area is 555 Å². The number of aliphatic carboxylic acids is 1. The van der Waals surface area contributed by atoms with Crippen molar-refractivity contribution >= 4 is 65.5 Å². The number of hydrogen-bond acceptors (Lipinski definition) is 18. The maximum atomic E-state index is 13.7. The lowest BCUT2D eigenvalue weighted by Crippen LogP contribution is -2.49. The van der Waals surface area contributed by atoms with Gasteiger partial charge in [-0.05, 0) is 155 Å². The first-order valence-corrected chi connectivity index (χ1v) is 33.9. The molecule has 0 aliphatic carbocycles. The molecule has 0 aromatic carbocycles. The van der Waals surface area contributed by atoms with E-state index >= 15 is 0 Å². The molecule has 538 valence electrons. The van der Waals surface area contributed by atoms with Crippen molar-refractivity contribution in [2.24, 2.45) is 0 Å². The fourth-order valence-corrected chi connectivity index (χ4v) is 9.18. The van der Waals surface area contributed by atoms with Gasteiger partial charge in [0.1, 0.15) is 58.8 Å². The Morgan fingerprint density at radius 3 is 1.02 bits per heavy atom. The van der Waals surface area contributed by atoms with Crippen molar-refractivity contribution in [3.8, 4) is 0 Å². The number of hydrogen-bond donors (Lipinski definition) is 7. The van der Waals surface area contributed by atoms with Crippen LogP contribution in [0.15, 0.2) is 0 Å². The molecule has 0 heterocycles. The van der Waals surface area contributed by atoms with Gasteiger partial charge in [0, 0.05) is 45.2 Å². The summed E-state index contributed by atoms with van der Waals surface area (Å²) in [5, 5.41) is 24.7. The topological polar surface area (TPSA) is 345 Å². The van der Waals surface area contributed by atoms with Crippen LogP contribution in [0.4, 0.5) is 4.79 Å². The number of carboxylic acid groups (broad SMARTS) is 1. The summed E-state index contributed by atoms with van der Waals surface area (Å²) >= 11 is 0. The largest absolute Gasteiger partial charge is 0.480 e. The van der Waals surface area contributed by atoms with Crippen LogP contribution in [-0.2, 0) is 81.1 Å². The standard InChI is InChI=1S/C68H122N6O19/c1-64(2,3)89-58(81)36-31-29-27-25-23-21-19-17-16-18-20-22-24-26-28-30-35-53(75)72-50(60(83)90-65(4,5)6)38-41-55(77)74-52(62(85)92-67(10,11)12)39-42-56(78)73-51(61(84)91-66(7,8)9)37-40-54(76)71-49(34-32-33-43-70-63(86)93-68(13,14)15)59(82)69-44-45-87-46-47-88-48-57(79)80/h49-52H,16-48H2,1-15H3,(H,69,82)(H,70,86)(H,71,76)(H,72,75)(H,73,78)(H,74,77)(H,79,80)/t49-,50-,51-,52-/m0/s1. The number of amides is 6. The molecule has 0 fully saturated rings. The van der Waals surface area contributed by atoms with Crippen molar-refractivity contribution in [3.63, 3.8) is 0 Å². The second-order valence-corrected chi connectivity index (χ2v) is 28.7. The average Bonchev–Trinajstić information content (AvgIpc) is 1.33. The molecule has 0 aliphatic heterocycles. The fourth-order valence-electron chi connectivity index (χ4n) is 9.18. The molecule has 0 radical (unpaired) electrons. The SMILES string of the molecule is CC(C)(C)OC(=O)CCCCCCCCCCCCCCCCCCC(=O)N[C@@H](CCC(=O)N[C@@H](CCC(=O)N[C@@H](CCC(=O)N[C@@H](CCCCNC(=O)OC(C)(C)C)C(=O)NCCOCCOCC(=O)O)C(=O)OC(C)(C)C)C(=O)OC(C)(C)C)C(=O)OC(C)(C)C. The van der Waals surface area contributed by atoms with E-state index in [0.717, 1.165) is 44.9 Å². The van der Waals surface area contributed by atoms with E-state index in [4.69, 9.17) is 38.3 Å². The number of alkyl carbamates (subject to hydrolysis) is 1. The van der Waals surface area contributed by atoms with Crippen molar-refractivity contribution in [1.82, 2.24) is 31.9 Å². The van der Waals surface area contributed by atoms with E-state index < -0.39 is 119 Å². The molecule has 0 aromatic heterocycles. The summed E-state index contributed by atoms with van der Waals surface area (Å²) in [6, 6.07) is -4.99. The summed E-state index contributed by atoms with van der Waals surface area (Å²) in [5.74, 6) is -6.65. The Balaban J connectivity index is 5.60. The first kappa shape index (κ1) is 86.9. The molecule has 7 N–H and O–H groups in total. The van der Waals surface area contributed by atoms with Crippen molar-refractivity contribution < 1.29 is 91.0 Å². The minimum absolute atomic E-state index is 0.0193. The zero-order valence-corrected chi connectivity index (χ0v) is 59.4. The lowest BCUT2D eigenvalue weighted by molar-refractivity contribution is -0.160. The zero-order valence-electron chi connectivity index (χ0n) is 59.4. The van der Waals surface area contributed by atoms with Crippen LogP contribution in [-0.4, -0.2) is 162 Å². The lowest BCUT2D eigenvalue weighted by Gasteiger charge is -2.26. The molecule has 25 heteroatoms. The molecular weight excluding hydrogens is 1200 g/mol. The van der Waals surface area contributed by atoms with E-state index in [2.05, 4.69) is 31.9 Å². The smallest absolute Gasteiger partial charge is 0.407 e. The van der Waals surface area contributed by atoms with Gasteiger partial charge in [-0.1, -0.05) is 89.9 Å². The van der Waals surface area contributed by atoms with Crippen LogP contribution in [0.5, 0.6) is 0 Å². The summed E-state index contributed by atoms with van der Waals surface area (Å²) in [6.45, 7) is 25.6. The van der Waals surface area contributed by atoms with Gasteiger partial charge >= 0.3 is 35.9 Å². The van der Waals surface area contributed by atoms with E-state index in [1.807, 2.05) is 20.8 Å². The van der Waals surface area contributed by atoms with Gasteiger partial charge < -0.3 is 70.2 Å². The van der Waals surface area contributed by atoms with Gasteiger partial charge in [0.15, 0.2) is 0 Å². The monoisotopic (exact) mass is 1330 g/mol. The molecule has 4 atom stereocenters. The number of esters is 4. The normalized spacial score (nSPS) is 13.2. The highest BCUT2D eigenvalue weighted by Crippen LogP contribution is 2.19. The molecule has 0 rings (SSSR count). The van der Waals surface area contributed by atoms with Crippen LogP contribution in [0.3, 0.4) is 0 Å². The Kier molecular flexibility index (Phi) is 43.8. The Morgan fingerprint density at radius 2 is 0.656 bits per heavy atom. The Hall–Kier alpha value is -6.11. The molecule has 0 saturated carbocycles. The number of carboxylic acids is 1. The molecular formula is C68H122N6O19. The molecule has 0 aliphatic rings. The maximum Gasteiger partial charge on any atom is 0.407 e. The number of ether oxygens (including phenoxy) is 7. The average molecular weight is 1330 g/mol. The van der Waals surface area contributed by atoms with Gasteiger partial charge in [0.05, 0.1) is 19.8 Å². The minimum atomic E-state index is -1.38. The highest BCUT2D eigenvalue weighted by Gasteiger charge is 2.33. The second-order valence-electron chi connectivity index (χ2n) is 28.7. The van der Waals surface area contributed by atoms with E-state index in [1.165, 1.54) is 51.4 Å². The molecule has 6 amide bonds. The summed E-state index contributed by atoms with van der Waals surface area (Å²) in [7, 11) is 0. The van der Waals surface area contributed by atoms with Crippen molar-refractivity contribution in [1.29, 1.82) is 0 Å². The Bertz CT molecular complexity index is 2240. The summed E-state index contributed by atoms with van der Waals surface area (Å²) in [4.78, 5) is 143. The summed E-state index contributed by atoms with van der Waals surface area (Å²) < 4.78 is 37.8. The predicted octanol–water partition coefficient (Wildman–Crippen LogP) is 9.58. The van der Waals surface area contributed by atoms with Gasteiger partial charge in [-0.15, -0.1) is 0 Å². The van der Waals surface area contributed by atoms with Crippen molar-refractivity contribution in [2.75, 3.05) is 39.5 Å². The van der Waals surface area contributed by atoms with Crippen molar-refractivity contribution in [2.45, 2.75) is 329 Å².